The third kappa shape index (κ3) is 4.50. The summed E-state index contributed by atoms with van der Waals surface area (Å²) < 4.78 is 101. The molecule has 0 radical (unpaired) electrons. The Morgan fingerprint density at radius 1 is 1.16 bits per heavy atom. The Balaban J connectivity index is 4.90. The smallest absolute Gasteiger partial charge is 0.288 e. The van der Waals surface area contributed by atoms with Crippen LogP contribution >= 0.6 is 11.8 Å². The van der Waals surface area contributed by atoms with E-state index in [4.69, 9.17) is 0 Å². The van der Waals surface area contributed by atoms with Crippen LogP contribution in [0, 0.1) is 0 Å². The molecule has 0 aliphatic rings. The highest BCUT2D eigenvalue weighted by atomic mass is 32.2. The summed E-state index contributed by atoms with van der Waals surface area (Å²) in [6.45, 7) is -1.84. The second-order valence-electron chi connectivity index (χ2n) is 3.67. The van der Waals surface area contributed by atoms with Gasteiger partial charge in [0.2, 0.25) is 6.17 Å². The Morgan fingerprint density at radius 2 is 1.63 bits per heavy atom. The van der Waals surface area contributed by atoms with Gasteiger partial charge in [0.05, 0.1) is 0 Å². The van der Waals surface area contributed by atoms with E-state index in [0.29, 0.717) is 0 Å². The van der Waals surface area contributed by atoms with Crippen molar-refractivity contribution in [1.82, 2.24) is 0 Å². The number of halogens is 8. The molecule has 0 fully saturated rings. The van der Waals surface area contributed by atoms with Crippen LogP contribution in [-0.2, 0) is 4.79 Å². The molecule has 0 aromatic rings. The van der Waals surface area contributed by atoms with Crippen molar-refractivity contribution in [2.75, 3.05) is 12.4 Å². The quantitative estimate of drug-likeness (QED) is 0.663. The van der Waals surface area contributed by atoms with Crippen molar-refractivity contribution in [3.05, 3.63) is 0 Å². The van der Waals surface area contributed by atoms with Crippen LogP contribution in [0.25, 0.3) is 0 Å². The summed E-state index contributed by atoms with van der Waals surface area (Å²) >= 11 is 0.263. The minimum absolute atomic E-state index is 0.263. The van der Waals surface area contributed by atoms with Gasteiger partial charge in [0.15, 0.2) is 11.8 Å². The SMILES string of the molecule is CC(=O)SCCC(F)(F)C(F)(F)C(F)C(F)(F)CF. The van der Waals surface area contributed by atoms with Gasteiger partial charge in [0, 0.05) is 19.1 Å². The van der Waals surface area contributed by atoms with Crippen LogP contribution < -0.4 is 0 Å². The molecule has 114 valence electrons. The molecule has 0 rings (SSSR count). The van der Waals surface area contributed by atoms with E-state index >= 15 is 0 Å². The van der Waals surface area contributed by atoms with E-state index in [9.17, 15) is 39.9 Å². The minimum atomic E-state index is -5.74. The molecule has 0 aromatic carbocycles. The highest BCUT2D eigenvalue weighted by molar-refractivity contribution is 8.13. The molecule has 1 unspecified atom stereocenters. The van der Waals surface area contributed by atoms with Crippen molar-refractivity contribution < 1.29 is 39.9 Å². The maximum absolute atomic E-state index is 13.0. The summed E-state index contributed by atoms with van der Waals surface area (Å²) in [4.78, 5) is 10.4. The molecule has 19 heavy (non-hydrogen) atoms. The van der Waals surface area contributed by atoms with Crippen molar-refractivity contribution in [2.24, 2.45) is 0 Å². The molecule has 0 spiro atoms. The summed E-state index contributed by atoms with van der Waals surface area (Å²) in [6.07, 6.45) is -6.34. The van der Waals surface area contributed by atoms with Crippen LogP contribution in [0.4, 0.5) is 35.1 Å². The Labute approximate surface area is 107 Å². The molecule has 0 N–H and O–H groups in total. The fourth-order valence-electron chi connectivity index (χ4n) is 1.01. The first-order valence-electron chi connectivity index (χ1n) is 4.85. The lowest BCUT2D eigenvalue weighted by molar-refractivity contribution is -0.279. The van der Waals surface area contributed by atoms with Crippen LogP contribution in [0.2, 0.25) is 0 Å². The lowest BCUT2D eigenvalue weighted by atomic mass is 10.00. The van der Waals surface area contributed by atoms with Gasteiger partial charge >= 0.3 is 17.8 Å². The number of thioether (sulfide) groups is 1. The van der Waals surface area contributed by atoms with Crippen molar-refractivity contribution in [3.8, 4) is 0 Å². The molecule has 10 heteroatoms. The molecular formula is C9H10F8OS. The lowest BCUT2D eigenvalue weighted by Crippen LogP contribution is -2.55. The zero-order chi connectivity index (χ0) is 15.5. The first-order chi connectivity index (χ1) is 8.38. The standard InChI is InChI=1S/C9H10F8OS/c1-5(18)19-3-2-8(14,15)9(16,17)6(11)7(12,13)4-10/h6H,2-4H2,1H3. The number of carbonyl (C=O) groups excluding carboxylic acids is 1. The highest BCUT2D eigenvalue weighted by Gasteiger charge is 2.68. The minimum Gasteiger partial charge on any atom is -0.288 e. The number of rotatable bonds is 7. The second kappa shape index (κ2) is 6.27. The summed E-state index contributed by atoms with van der Waals surface area (Å²) in [5.41, 5.74) is 0. The van der Waals surface area contributed by atoms with Gasteiger partial charge in [-0.1, -0.05) is 11.8 Å². The van der Waals surface area contributed by atoms with E-state index in [0.717, 1.165) is 6.92 Å². The average Bonchev–Trinajstić information content (AvgIpc) is 2.26. The largest absolute Gasteiger partial charge is 0.346 e. The van der Waals surface area contributed by atoms with Gasteiger partial charge in [-0.15, -0.1) is 0 Å². The van der Waals surface area contributed by atoms with Crippen molar-refractivity contribution in [2.45, 2.75) is 37.3 Å². The van der Waals surface area contributed by atoms with Crippen LogP contribution in [0.3, 0.4) is 0 Å². The molecule has 1 atom stereocenters. The van der Waals surface area contributed by atoms with Crippen molar-refractivity contribution >= 4 is 16.9 Å². The summed E-state index contributed by atoms with van der Waals surface area (Å²) in [6, 6.07) is 0. The third-order valence-corrected chi connectivity index (χ3v) is 2.89. The number of alkyl halides is 8. The normalized spacial score (nSPS) is 15.4. The topological polar surface area (TPSA) is 17.1 Å². The van der Waals surface area contributed by atoms with E-state index in [1.165, 1.54) is 0 Å². The maximum Gasteiger partial charge on any atom is 0.346 e. The fourth-order valence-corrected chi connectivity index (χ4v) is 1.65. The third-order valence-electron chi connectivity index (χ3n) is 2.08. The maximum atomic E-state index is 13.0. The predicted molar refractivity (Wildman–Crippen MR) is 53.5 cm³/mol. The Bertz CT molecular complexity index is 319. The summed E-state index contributed by atoms with van der Waals surface area (Å²) in [7, 11) is 0. The van der Waals surface area contributed by atoms with Gasteiger partial charge in [0.25, 0.3) is 0 Å². The molecule has 0 heterocycles. The number of hydrogen-bond donors (Lipinski definition) is 0. The second-order valence-corrected chi connectivity index (χ2v) is 4.95. The van der Waals surface area contributed by atoms with Crippen molar-refractivity contribution in [1.29, 1.82) is 0 Å². The number of carbonyl (C=O) groups is 1. The molecule has 0 aliphatic heterocycles. The zero-order valence-electron chi connectivity index (χ0n) is 9.54. The van der Waals surface area contributed by atoms with Crippen LogP contribution in [0.5, 0.6) is 0 Å². The van der Waals surface area contributed by atoms with Crippen molar-refractivity contribution in [3.63, 3.8) is 0 Å². The van der Waals surface area contributed by atoms with Crippen LogP contribution in [0.15, 0.2) is 0 Å². The van der Waals surface area contributed by atoms with Gasteiger partial charge in [-0.25, -0.2) is 17.6 Å². The molecule has 0 amide bonds. The molecule has 0 saturated carbocycles. The monoisotopic (exact) mass is 318 g/mol. The van der Waals surface area contributed by atoms with Gasteiger partial charge in [-0.05, 0) is 0 Å². The highest BCUT2D eigenvalue weighted by Crippen LogP contribution is 2.46. The zero-order valence-corrected chi connectivity index (χ0v) is 10.4. The predicted octanol–water partition coefficient (Wildman–Crippen LogP) is 3.87. The Hall–Kier alpha value is -0.540. The molecule has 1 nitrogen and oxygen atoms in total. The first kappa shape index (κ1) is 18.5. The lowest BCUT2D eigenvalue weighted by Gasteiger charge is -2.31. The Kier molecular flexibility index (Phi) is 6.10. The summed E-state index contributed by atoms with van der Waals surface area (Å²) in [5, 5.41) is -0.648. The molecular weight excluding hydrogens is 308 g/mol. The van der Waals surface area contributed by atoms with E-state index in [1.807, 2.05) is 0 Å². The van der Waals surface area contributed by atoms with Crippen LogP contribution in [-0.4, -0.2) is 41.5 Å². The number of hydrogen-bond acceptors (Lipinski definition) is 2. The van der Waals surface area contributed by atoms with E-state index in [-0.39, 0.29) is 11.8 Å². The van der Waals surface area contributed by atoms with Gasteiger partial charge in [-0.3, -0.25) is 4.79 Å². The van der Waals surface area contributed by atoms with Gasteiger partial charge in [-0.2, -0.15) is 17.6 Å². The van der Waals surface area contributed by atoms with Gasteiger partial charge in [0.1, 0.15) is 0 Å². The average molecular weight is 318 g/mol. The fraction of sp³-hybridized carbons (Fsp3) is 0.889. The van der Waals surface area contributed by atoms with Gasteiger partial charge < -0.3 is 0 Å². The summed E-state index contributed by atoms with van der Waals surface area (Å²) in [5.74, 6) is -16.9. The molecule has 0 aliphatic carbocycles. The van der Waals surface area contributed by atoms with Crippen LogP contribution in [0.1, 0.15) is 13.3 Å². The van der Waals surface area contributed by atoms with E-state index in [1.54, 1.807) is 0 Å². The first-order valence-corrected chi connectivity index (χ1v) is 5.84. The molecule has 0 saturated heterocycles. The Morgan fingerprint density at radius 3 is 2.00 bits per heavy atom. The molecule has 0 aromatic heterocycles. The molecule has 0 bridgehead atoms. The van der Waals surface area contributed by atoms with E-state index in [2.05, 4.69) is 0 Å². The van der Waals surface area contributed by atoms with E-state index < -0.39 is 47.9 Å².